The van der Waals surface area contributed by atoms with Gasteiger partial charge in [-0.15, -0.1) is 0 Å². The van der Waals surface area contributed by atoms with Crippen LogP contribution in [0.1, 0.15) is 38.5 Å². The first-order valence-electron chi connectivity index (χ1n) is 5.84. The molecule has 0 aromatic heterocycles. The van der Waals surface area contributed by atoms with Crippen LogP contribution < -0.4 is 0 Å². The molecular weight excluding hydrogens is 176 g/mol. The molecule has 2 nitrogen and oxygen atoms in total. The fourth-order valence-corrected chi connectivity index (χ4v) is 3.94. The van der Waals surface area contributed by atoms with Crippen LogP contribution in [0, 0.1) is 23.7 Å². The van der Waals surface area contributed by atoms with Gasteiger partial charge in [0.25, 0.3) is 0 Å². The van der Waals surface area contributed by atoms with Gasteiger partial charge in [-0.3, -0.25) is 9.59 Å². The minimum Gasteiger partial charge on any atom is -0.299 e. The summed E-state index contributed by atoms with van der Waals surface area (Å²) in [6.07, 6.45) is 6.00. The van der Waals surface area contributed by atoms with Gasteiger partial charge in [-0.25, -0.2) is 0 Å². The Hall–Kier alpha value is -0.660. The minimum atomic E-state index is 0.154. The number of rotatable bonds is 0. The Morgan fingerprint density at radius 3 is 1.64 bits per heavy atom. The van der Waals surface area contributed by atoms with Crippen molar-refractivity contribution in [2.45, 2.75) is 38.5 Å². The topological polar surface area (TPSA) is 34.1 Å². The Morgan fingerprint density at radius 2 is 1.21 bits per heavy atom. The number of carbonyl (C=O) groups excluding carboxylic acids is 2. The molecule has 3 aliphatic rings. The highest BCUT2D eigenvalue weighted by Crippen LogP contribution is 2.56. The molecule has 0 saturated heterocycles. The predicted molar refractivity (Wildman–Crippen MR) is 51.7 cm³/mol. The van der Waals surface area contributed by atoms with Crippen molar-refractivity contribution in [2.24, 2.45) is 23.7 Å². The molecule has 0 unspecified atom stereocenters. The number of ketones is 2. The van der Waals surface area contributed by atoms with Gasteiger partial charge in [0.15, 0.2) is 0 Å². The second kappa shape index (κ2) is 2.91. The molecule has 0 aliphatic heterocycles. The molecule has 0 bridgehead atoms. The number of hydrogen-bond acceptors (Lipinski definition) is 2. The molecule has 0 N–H and O–H groups in total. The molecule has 0 amide bonds. The SMILES string of the molecule is O=C1CCC[C@@H]2[C@H]3CCCC(=O)[C@H]3[C@H]12. The molecule has 2 heteroatoms. The molecule has 3 saturated carbocycles. The number of fused-ring (bicyclic) bond motifs is 4. The minimum absolute atomic E-state index is 0.154. The highest BCUT2D eigenvalue weighted by Gasteiger charge is 2.57. The highest BCUT2D eigenvalue weighted by molar-refractivity contribution is 5.93. The molecule has 3 rings (SSSR count). The first-order chi connectivity index (χ1) is 6.79. The van der Waals surface area contributed by atoms with E-state index in [0.29, 0.717) is 23.4 Å². The predicted octanol–water partition coefficient (Wildman–Crippen LogP) is 1.97. The van der Waals surface area contributed by atoms with Crippen molar-refractivity contribution in [1.82, 2.24) is 0 Å². The molecule has 76 valence electrons. The van der Waals surface area contributed by atoms with Crippen molar-refractivity contribution < 1.29 is 9.59 Å². The van der Waals surface area contributed by atoms with Crippen molar-refractivity contribution in [2.75, 3.05) is 0 Å². The third-order valence-corrected chi connectivity index (χ3v) is 4.52. The zero-order valence-electron chi connectivity index (χ0n) is 8.37. The summed E-state index contributed by atoms with van der Waals surface area (Å²) in [6.45, 7) is 0. The van der Waals surface area contributed by atoms with Crippen molar-refractivity contribution in [1.29, 1.82) is 0 Å². The maximum absolute atomic E-state index is 11.7. The van der Waals surface area contributed by atoms with Gasteiger partial charge < -0.3 is 0 Å². The van der Waals surface area contributed by atoms with Gasteiger partial charge in [0, 0.05) is 24.7 Å². The standard InChI is InChI=1S/C12H16O2/c13-9-5-1-3-7-8-4-2-6-10(14)12(8)11(7)9/h7-8,11-12H,1-6H2/t7-,8-,11+,12+/m1/s1. The van der Waals surface area contributed by atoms with Crippen molar-refractivity contribution in [3.63, 3.8) is 0 Å². The maximum atomic E-state index is 11.7. The van der Waals surface area contributed by atoms with Gasteiger partial charge in [0.05, 0.1) is 0 Å². The first-order valence-corrected chi connectivity index (χ1v) is 5.84. The van der Waals surface area contributed by atoms with E-state index in [1.807, 2.05) is 0 Å². The fourth-order valence-electron chi connectivity index (χ4n) is 3.94. The lowest BCUT2D eigenvalue weighted by atomic mass is 9.47. The third-order valence-electron chi connectivity index (χ3n) is 4.52. The lowest BCUT2D eigenvalue weighted by Gasteiger charge is -2.55. The van der Waals surface area contributed by atoms with Crippen LogP contribution >= 0.6 is 0 Å². The summed E-state index contributed by atoms with van der Waals surface area (Å²) in [7, 11) is 0. The molecule has 0 aromatic rings. The van der Waals surface area contributed by atoms with Crippen molar-refractivity contribution >= 4 is 11.6 Å². The number of hydrogen-bond donors (Lipinski definition) is 0. The Morgan fingerprint density at radius 1 is 0.786 bits per heavy atom. The summed E-state index contributed by atoms with van der Waals surface area (Å²) < 4.78 is 0. The van der Waals surface area contributed by atoms with E-state index >= 15 is 0 Å². The average molecular weight is 192 g/mol. The molecule has 3 fully saturated rings. The van der Waals surface area contributed by atoms with Crippen LogP contribution in [0.25, 0.3) is 0 Å². The largest absolute Gasteiger partial charge is 0.299 e. The Labute approximate surface area is 84.1 Å². The smallest absolute Gasteiger partial charge is 0.136 e. The van der Waals surface area contributed by atoms with E-state index in [0.717, 1.165) is 25.7 Å². The van der Waals surface area contributed by atoms with Crippen LogP contribution in [0.3, 0.4) is 0 Å². The molecular formula is C12H16O2. The quantitative estimate of drug-likeness (QED) is 0.588. The van der Waals surface area contributed by atoms with E-state index < -0.39 is 0 Å². The summed E-state index contributed by atoms with van der Waals surface area (Å²) in [5.41, 5.74) is 0. The second-order valence-corrected chi connectivity index (χ2v) is 5.10. The van der Waals surface area contributed by atoms with Crippen LogP contribution in [-0.2, 0) is 9.59 Å². The molecule has 0 aromatic carbocycles. The van der Waals surface area contributed by atoms with Gasteiger partial charge in [-0.2, -0.15) is 0 Å². The van der Waals surface area contributed by atoms with E-state index in [2.05, 4.69) is 0 Å². The summed E-state index contributed by atoms with van der Waals surface area (Å²) in [5.74, 6) is 2.26. The molecule has 0 spiro atoms. The summed E-state index contributed by atoms with van der Waals surface area (Å²) in [4.78, 5) is 23.4. The Bertz CT molecular complexity index is 265. The summed E-state index contributed by atoms with van der Waals surface area (Å²) in [6, 6.07) is 0. The maximum Gasteiger partial charge on any atom is 0.136 e. The van der Waals surface area contributed by atoms with Crippen LogP contribution in [0.5, 0.6) is 0 Å². The zero-order chi connectivity index (χ0) is 9.71. The fraction of sp³-hybridized carbons (Fsp3) is 0.833. The Kier molecular flexibility index (Phi) is 1.80. The molecule has 0 heterocycles. The second-order valence-electron chi connectivity index (χ2n) is 5.10. The number of carbonyl (C=O) groups is 2. The van der Waals surface area contributed by atoms with E-state index in [4.69, 9.17) is 0 Å². The summed E-state index contributed by atoms with van der Waals surface area (Å²) in [5, 5.41) is 0. The normalized spacial score (nSPS) is 46.6. The van der Waals surface area contributed by atoms with Gasteiger partial charge in [0.2, 0.25) is 0 Å². The van der Waals surface area contributed by atoms with E-state index in [1.54, 1.807) is 0 Å². The van der Waals surface area contributed by atoms with Gasteiger partial charge >= 0.3 is 0 Å². The third kappa shape index (κ3) is 0.971. The van der Waals surface area contributed by atoms with E-state index in [-0.39, 0.29) is 11.8 Å². The van der Waals surface area contributed by atoms with Crippen LogP contribution in [0.15, 0.2) is 0 Å². The van der Waals surface area contributed by atoms with E-state index in [9.17, 15) is 9.59 Å². The molecule has 3 aliphatic carbocycles. The van der Waals surface area contributed by atoms with Gasteiger partial charge in [-0.1, -0.05) is 0 Å². The first kappa shape index (κ1) is 8.63. The van der Waals surface area contributed by atoms with Crippen LogP contribution in [0.2, 0.25) is 0 Å². The van der Waals surface area contributed by atoms with Gasteiger partial charge in [-0.05, 0) is 37.5 Å². The van der Waals surface area contributed by atoms with Gasteiger partial charge in [0.1, 0.15) is 11.6 Å². The monoisotopic (exact) mass is 192 g/mol. The highest BCUT2D eigenvalue weighted by atomic mass is 16.1. The van der Waals surface area contributed by atoms with Crippen molar-refractivity contribution in [3.8, 4) is 0 Å². The molecule has 14 heavy (non-hydrogen) atoms. The Balaban J connectivity index is 1.86. The summed E-state index contributed by atoms with van der Waals surface area (Å²) >= 11 is 0. The number of Topliss-reactive ketones (excluding diaryl/α,β-unsaturated/α-hetero) is 2. The lowest BCUT2D eigenvalue weighted by molar-refractivity contribution is -0.160. The lowest BCUT2D eigenvalue weighted by Crippen LogP contribution is -2.57. The van der Waals surface area contributed by atoms with E-state index in [1.165, 1.54) is 12.8 Å². The van der Waals surface area contributed by atoms with Crippen LogP contribution in [-0.4, -0.2) is 11.6 Å². The molecule has 0 radical (unpaired) electrons. The van der Waals surface area contributed by atoms with Crippen LogP contribution in [0.4, 0.5) is 0 Å². The van der Waals surface area contributed by atoms with Crippen molar-refractivity contribution in [3.05, 3.63) is 0 Å². The zero-order valence-corrected chi connectivity index (χ0v) is 8.37. The average Bonchev–Trinajstić information content (AvgIpc) is 2.14. The molecule has 4 atom stereocenters.